The van der Waals surface area contributed by atoms with Crippen LogP contribution in [0.15, 0.2) is 41.4 Å². The topological polar surface area (TPSA) is 83.9 Å². The maximum absolute atomic E-state index is 12.7. The summed E-state index contributed by atoms with van der Waals surface area (Å²) < 4.78 is 33.8. The zero-order valence-electron chi connectivity index (χ0n) is 18.5. The van der Waals surface area contributed by atoms with Crippen LogP contribution in [0.2, 0.25) is 0 Å². The number of amides is 1. The van der Waals surface area contributed by atoms with Gasteiger partial charge in [0.15, 0.2) is 0 Å². The Hall–Kier alpha value is -2.20. The fraction of sp³-hybridized carbons (Fsp3) is 0.500. The highest BCUT2D eigenvalue weighted by Crippen LogP contribution is 2.18. The van der Waals surface area contributed by atoms with Gasteiger partial charge in [0.1, 0.15) is 10.6 Å². The van der Waals surface area contributed by atoms with E-state index in [1.165, 1.54) is 22.1 Å². The Labute approximate surface area is 184 Å². The van der Waals surface area contributed by atoms with Gasteiger partial charge in [0.25, 0.3) is 5.91 Å². The fourth-order valence-electron chi connectivity index (χ4n) is 3.74. The number of ether oxygens (including phenoxy) is 1. The Kier molecular flexibility index (Phi) is 7.88. The van der Waals surface area contributed by atoms with Crippen molar-refractivity contribution < 1.29 is 17.9 Å². The van der Waals surface area contributed by atoms with E-state index in [2.05, 4.69) is 22.3 Å². The summed E-state index contributed by atoms with van der Waals surface area (Å²) in [5.74, 6) is -0.304. The summed E-state index contributed by atoms with van der Waals surface area (Å²) in [5, 5.41) is 2.91. The summed E-state index contributed by atoms with van der Waals surface area (Å²) in [6.07, 6.45) is 1.49. The van der Waals surface area contributed by atoms with Gasteiger partial charge in [-0.05, 0) is 17.2 Å². The highest BCUT2D eigenvalue weighted by atomic mass is 32.2. The quantitative estimate of drug-likeness (QED) is 0.633. The molecule has 2 aromatic rings. The van der Waals surface area contributed by atoms with Crippen molar-refractivity contribution in [2.24, 2.45) is 7.05 Å². The molecule has 0 aliphatic carbocycles. The SMILES string of the molecule is CCN(CC)S(=O)(=O)c1cc(C(=O)NCc2cccc(CN3CCOCC3)c2)n(C)c1. The lowest BCUT2D eigenvalue weighted by Gasteiger charge is -2.26. The number of morpholine rings is 1. The Morgan fingerprint density at radius 3 is 2.48 bits per heavy atom. The second-order valence-corrected chi connectivity index (χ2v) is 9.59. The minimum absolute atomic E-state index is 0.136. The fourth-order valence-corrected chi connectivity index (χ4v) is 5.27. The van der Waals surface area contributed by atoms with E-state index in [9.17, 15) is 13.2 Å². The van der Waals surface area contributed by atoms with Crippen LogP contribution in [0.1, 0.15) is 35.5 Å². The molecule has 0 radical (unpaired) electrons. The number of hydrogen-bond acceptors (Lipinski definition) is 5. The lowest BCUT2D eigenvalue weighted by Crippen LogP contribution is -2.35. The summed E-state index contributed by atoms with van der Waals surface area (Å²) in [6, 6.07) is 9.59. The minimum atomic E-state index is -3.60. The van der Waals surface area contributed by atoms with Crippen molar-refractivity contribution in [3.63, 3.8) is 0 Å². The standard InChI is InChI=1S/C22H32N4O4S/c1-4-26(5-2)31(28,29)20-14-21(24(3)17-20)22(27)23-15-18-7-6-8-19(13-18)16-25-9-11-30-12-10-25/h6-8,13-14,17H,4-5,9-12,15-16H2,1-3H3,(H,23,27). The Balaban J connectivity index is 1.65. The number of rotatable bonds is 9. The average Bonchev–Trinajstić information content (AvgIpc) is 3.16. The molecule has 3 rings (SSSR count). The van der Waals surface area contributed by atoms with Crippen LogP contribution in [-0.4, -0.2) is 67.5 Å². The van der Waals surface area contributed by atoms with Crippen LogP contribution in [0, 0.1) is 0 Å². The zero-order chi connectivity index (χ0) is 22.4. The first-order valence-electron chi connectivity index (χ1n) is 10.7. The first-order chi connectivity index (χ1) is 14.8. The van der Waals surface area contributed by atoms with E-state index >= 15 is 0 Å². The number of nitrogens with one attached hydrogen (secondary N) is 1. The molecule has 170 valence electrons. The number of carbonyl (C=O) groups excluding carboxylic acids is 1. The van der Waals surface area contributed by atoms with Gasteiger partial charge in [-0.25, -0.2) is 8.42 Å². The van der Waals surface area contributed by atoms with Gasteiger partial charge in [0.2, 0.25) is 10.0 Å². The van der Waals surface area contributed by atoms with Gasteiger partial charge in [-0.2, -0.15) is 4.31 Å². The predicted molar refractivity (Wildman–Crippen MR) is 119 cm³/mol. The summed E-state index contributed by atoms with van der Waals surface area (Å²) in [6.45, 7) is 8.97. The number of carbonyl (C=O) groups is 1. The smallest absolute Gasteiger partial charge is 0.268 e. The van der Waals surface area contributed by atoms with Gasteiger partial charge in [0, 0.05) is 52.5 Å². The average molecular weight is 449 g/mol. The van der Waals surface area contributed by atoms with Crippen molar-refractivity contribution in [2.75, 3.05) is 39.4 Å². The van der Waals surface area contributed by atoms with Gasteiger partial charge in [-0.3, -0.25) is 9.69 Å². The summed E-state index contributed by atoms with van der Waals surface area (Å²) in [7, 11) is -1.92. The summed E-state index contributed by atoms with van der Waals surface area (Å²) in [5.41, 5.74) is 2.51. The van der Waals surface area contributed by atoms with Crippen LogP contribution in [-0.2, 0) is 34.9 Å². The molecule has 2 heterocycles. The summed E-state index contributed by atoms with van der Waals surface area (Å²) >= 11 is 0. The minimum Gasteiger partial charge on any atom is -0.379 e. The molecule has 8 nitrogen and oxygen atoms in total. The Morgan fingerprint density at radius 1 is 1.13 bits per heavy atom. The van der Waals surface area contributed by atoms with Crippen LogP contribution in [0.4, 0.5) is 0 Å². The molecule has 0 unspecified atom stereocenters. The van der Waals surface area contributed by atoms with Crippen molar-refractivity contribution in [2.45, 2.75) is 31.8 Å². The highest BCUT2D eigenvalue weighted by molar-refractivity contribution is 7.89. The van der Waals surface area contributed by atoms with Crippen LogP contribution in [0.3, 0.4) is 0 Å². The van der Waals surface area contributed by atoms with Crippen molar-refractivity contribution in [3.05, 3.63) is 53.3 Å². The zero-order valence-corrected chi connectivity index (χ0v) is 19.3. The van der Waals surface area contributed by atoms with Gasteiger partial charge >= 0.3 is 0 Å². The molecule has 1 aliphatic heterocycles. The molecule has 31 heavy (non-hydrogen) atoms. The number of hydrogen-bond donors (Lipinski definition) is 1. The maximum atomic E-state index is 12.7. The van der Waals surface area contributed by atoms with Crippen LogP contribution >= 0.6 is 0 Å². The number of aryl methyl sites for hydroxylation is 1. The molecule has 1 fully saturated rings. The molecular formula is C22H32N4O4S. The molecule has 1 saturated heterocycles. The predicted octanol–water partition coefficient (Wildman–Crippen LogP) is 1.82. The molecule has 9 heteroatoms. The normalized spacial score (nSPS) is 15.4. The molecule has 0 atom stereocenters. The van der Waals surface area contributed by atoms with Crippen LogP contribution in [0.5, 0.6) is 0 Å². The number of benzene rings is 1. The van der Waals surface area contributed by atoms with E-state index in [4.69, 9.17) is 4.74 Å². The van der Waals surface area contributed by atoms with Crippen molar-refractivity contribution in [1.82, 2.24) is 19.1 Å². The number of aromatic nitrogens is 1. The Morgan fingerprint density at radius 2 is 1.81 bits per heavy atom. The van der Waals surface area contributed by atoms with E-state index in [0.717, 1.165) is 38.4 Å². The van der Waals surface area contributed by atoms with E-state index < -0.39 is 10.0 Å². The highest BCUT2D eigenvalue weighted by Gasteiger charge is 2.25. The van der Waals surface area contributed by atoms with Crippen molar-refractivity contribution in [3.8, 4) is 0 Å². The van der Waals surface area contributed by atoms with Gasteiger partial charge < -0.3 is 14.6 Å². The molecule has 1 N–H and O–H groups in total. The second kappa shape index (κ2) is 10.4. The summed E-state index contributed by atoms with van der Waals surface area (Å²) in [4.78, 5) is 15.2. The third-order valence-corrected chi connectivity index (χ3v) is 7.53. The van der Waals surface area contributed by atoms with Gasteiger partial charge in [0.05, 0.1) is 13.2 Å². The van der Waals surface area contributed by atoms with E-state index in [0.29, 0.717) is 25.3 Å². The largest absolute Gasteiger partial charge is 0.379 e. The molecule has 0 saturated carbocycles. The molecule has 1 amide bonds. The van der Waals surface area contributed by atoms with Crippen LogP contribution < -0.4 is 5.32 Å². The lowest BCUT2D eigenvalue weighted by atomic mass is 10.1. The third-order valence-electron chi connectivity index (χ3n) is 5.51. The van der Waals surface area contributed by atoms with Crippen LogP contribution in [0.25, 0.3) is 0 Å². The molecule has 1 aromatic heterocycles. The second-order valence-electron chi connectivity index (χ2n) is 7.65. The van der Waals surface area contributed by atoms with E-state index in [1.807, 2.05) is 12.1 Å². The molecule has 0 spiro atoms. The monoisotopic (exact) mass is 448 g/mol. The van der Waals surface area contributed by atoms with E-state index in [1.54, 1.807) is 25.5 Å². The molecular weight excluding hydrogens is 416 g/mol. The molecule has 1 aliphatic rings. The van der Waals surface area contributed by atoms with Crippen molar-refractivity contribution in [1.29, 1.82) is 0 Å². The van der Waals surface area contributed by atoms with Gasteiger partial charge in [-0.1, -0.05) is 38.1 Å². The van der Waals surface area contributed by atoms with Gasteiger partial charge in [-0.15, -0.1) is 0 Å². The van der Waals surface area contributed by atoms with E-state index in [-0.39, 0.29) is 10.8 Å². The third kappa shape index (κ3) is 5.74. The maximum Gasteiger partial charge on any atom is 0.268 e. The molecule has 0 bridgehead atoms. The first kappa shape index (κ1) is 23.5. The Bertz CT molecular complexity index is 993. The lowest BCUT2D eigenvalue weighted by molar-refractivity contribution is 0.0342. The number of nitrogens with zero attached hydrogens (tertiary/aromatic N) is 3. The number of sulfonamides is 1. The molecule has 1 aromatic carbocycles. The first-order valence-corrected chi connectivity index (χ1v) is 12.1. The van der Waals surface area contributed by atoms with Crippen molar-refractivity contribution >= 4 is 15.9 Å².